The summed E-state index contributed by atoms with van der Waals surface area (Å²) >= 11 is 0. The molecule has 1 heterocycles. The first-order valence-corrected chi connectivity index (χ1v) is 12.0. The molecule has 1 fully saturated rings. The molecule has 0 radical (unpaired) electrons. The summed E-state index contributed by atoms with van der Waals surface area (Å²) in [5.74, 6) is -0.133. The van der Waals surface area contributed by atoms with E-state index in [4.69, 9.17) is 0 Å². The van der Waals surface area contributed by atoms with E-state index in [0.717, 1.165) is 18.4 Å². The molecule has 160 valence electrons. The largest absolute Gasteiger partial charge is 0.332 e. The van der Waals surface area contributed by atoms with Crippen LogP contribution >= 0.6 is 0 Å². The molecular weight excluding hydrogens is 408 g/mol. The Hall–Kier alpha value is -3.12. The number of amides is 1. The van der Waals surface area contributed by atoms with Crippen LogP contribution in [0, 0.1) is 0 Å². The molecule has 3 aromatic carbocycles. The molecule has 0 aromatic heterocycles. The minimum absolute atomic E-state index is 0.0189. The smallest absolute Gasteiger partial charge is 0.264 e. The minimum Gasteiger partial charge on any atom is -0.332 e. The lowest BCUT2D eigenvalue weighted by Crippen LogP contribution is -2.32. The SMILES string of the molecule is CCN(c1ccccc1)S(=O)(=O)c1cccc(C(=O)N2CCCC2c2ccccc2)c1. The first-order chi connectivity index (χ1) is 15.0. The molecule has 6 heteroatoms. The molecule has 1 atom stereocenters. The Balaban J connectivity index is 1.64. The summed E-state index contributed by atoms with van der Waals surface area (Å²) in [7, 11) is -3.79. The number of carbonyl (C=O) groups is 1. The summed E-state index contributed by atoms with van der Waals surface area (Å²) in [6.07, 6.45) is 1.84. The van der Waals surface area contributed by atoms with E-state index >= 15 is 0 Å². The van der Waals surface area contributed by atoms with Gasteiger partial charge in [0.25, 0.3) is 15.9 Å². The maximum Gasteiger partial charge on any atom is 0.264 e. The van der Waals surface area contributed by atoms with Crippen molar-refractivity contribution in [2.24, 2.45) is 0 Å². The van der Waals surface area contributed by atoms with Crippen molar-refractivity contribution in [3.05, 3.63) is 96.1 Å². The third-order valence-corrected chi connectivity index (χ3v) is 7.60. The number of rotatable bonds is 6. The highest BCUT2D eigenvalue weighted by molar-refractivity contribution is 7.92. The van der Waals surface area contributed by atoms with Crippen LogP contribution < -0.4 is 4.31 Å². The number of sulfonamides is 1. The lowest BCUT2D eigenvalue weighted by Gasteiger charge is -2.26. The second-order valence-electron chi connectivity index (χ2n) is 7.60. The second-order valence-corrected chi connectivity index (χ2v) is 9.46. The maximum atomic E-state index is 13.3. The fourth-order valence-corrected chi connectivity index (χ4v) is 5.72. The standard InChI is InChI=1S/C25H26N2O3S/c1-2-27(22-14-7-4-8-15-22)31(29,30)23-16-9-13-21(19-23)25(28)26-18-10-17-24(26)20-11-5-3-6-12-20/h3-9,11-16,19,24H,2,10,17-18H2,1H3. The van der Waals surface area contributed by atoms with Gasteiger partial charge in [0, 0.05) is 18.7 Å². The number of carbonyl (C=O) groups excluding carboxylic acids is 1. The Morgan fingerprint density at radius 1 is 0.968 bits per heavy atom. The van der Waals surface area contributed by atoms with Crippen molar-refractivity contribution in [2.45, 2.75) is 30.7 Å². The van der Waals surface area contributed by atoms with Gasteiger partial charge >= 0.3 is 0 Å². The van der Waals surface area contributed by atoms with Crippen LogP contribution in [-0.4, -0.2) is 32.3 Å². The van der Waals surface area contributed by atoms with Crippen LogP contribution in [0.4, 0.5) is 5.69 Å². The van der Waals surface area contributed by atoms with Gasteiger partial charge in [0.2, 0.25) is 0 Å². The van der Waals surface area contributed by atoms with Crippen molar-refractivity contribution < 1.29 is 13.2 Å². The van der Waals surface area contributed by atoms with Crippen LogP contribution in [0.5, 0.6) is 0 Å². The van der Waals surface area contributed by atoms with E-state index in [1.807, 2.05) is 53.4 Å². The molecular formula is C25H26N2O3S. The van der Waals surface area contributed by atoms with Gasteiger partial charge in [-0.25, -0.2) is 8.42 Å². The van der Waals surface area contributed by atoms with Gasteiger partial charge in [0.1, 0.15) is 0 Å². The first-order valence-electron chi connectivity index (χ1n) is 10.6. The highest BCUT2D eigenvalue weighted by atomic mass is 32.2. The summed E-state index contributed by atoms with van der Waals surface area (Å²) in [6, 6.07) is 25.4. The van der Waals surface area contributed by atoms with Gasteiger partial charge in [0.15, 0.2) is 0 Å². The molecule has 5 nitrogen and oxygen atoms in total. The Labute approximate surface area is 184 Å². The van der Waals surface area contributed by atoms with Gasteiger partial charge in [-0.05, 0) is 55.7 Å². The number of benzene rings is 3. The number of likely N-dealkylation sites (tertiary alicyclic amines) is 1. The van der Waals surface area contributed by atoms with Gasteiger partial charge < -0.3 is 4.90 Å². The first kappa shape index (κ1) is 21.1. The van der Waals surface area contributed by atoms with Crippen LogP contribution in [0.15, 0.2) is 89.8 Å². The normalized spacial score (nSPS) is 16.3. The Morgan fingerprint density at radius 3 is 2.32 bits per heavy atom. The van der Waals surface area contributed by atoms with Crippen molar-refractivity contribution in [3.63, 3.8) is 0 Å². The minimum atomic E-state index is -3.79. The summed E-state index contributed by atoms with van der Waals surface area (Å²) in [6.45, 7) is 2.77. The predicted molar refractivity (Wildman–Crippen MR) is 123 cm³/mol. The summed E-state index contributed by atoms with van der Waals surface area (Å²) < 4.78 is 28.1. The fourth-order valence-electron chi connectivity index (χ4n) is 4.20. The number of hydrogen-bond donors (Lipinski definition) is 0. The van der Waals surface area contributed by atoms with Crippen LogP contribution in [0.1, 0.15) is 41.7 Å². The summed E-state index contributed by atoms with van der Waals surface area (Å²) in [5.41, 5.74) is 2.11. The van der Waals surface area contributed by atoms with E-state index in [0.29, 0.717) is 24.3 Å². The van der Waals surface area contributed by atoms with E-state index in [-0.39, 0.29) is 16.8 Å². The highest BCUT2D eigenvalue weighted by Crippen LogP contribution is 2.33. The molecule has 0 N–H and O–H groups in total. The van der Waals surface area contributed by atoms with Crippen molar-refractivity contribution in [1.29, 1.82) is 0 Å². The van der Waals surface area contributed by atoms with E-state index in [2.05, 4.69) is 0 Å². The second kappa shape index (κ2) is 8.94. The monoisotopic (exact) mass is 434 g/mol. The van der Waals surface area contributed by atoms with Crippen LogP contribution in [0.2, 0.25) is 0 Å². The predicted octanol–water partition coefficient (Wildman–Crippen LogP) is 4.88. The molecule has 0 bridgehead atoms. The lowest BCUT2D eigenvalue weighted by molar-refractivity contribution is 0.0735. The van der Waals surface area contributed by atoms with Gasteiger partial charge in [-0.15, -0.1) is 0 Å². The zero-order valence-corrected chi connectivity index (χ0v) is 18.3. The van der Waals surface area contributed by atoms with Crippen molar-refractivity contribution >= 4 is 21.6 Å². The Kier molecular flexibility index (Phi) is 6.09. The third kappa shape index (κ3) is 4.21. The topological polar surface area (TPSA) is 57.7 Å². The maximum absolute atomic E-state index is 13.3. The molecule has 0 aliphatic carbocycles. The van der Waals surface area contributed by atoms with Crippen molar-refractivity contribution in [3.8, 4) is 0 Å². The van der Waals surface area contributed by atoms with Crippen LogP contribution in [0.3, 0.4) is 0 Å². The highest BCUT2D eigenvalue weighted by Gasteiger charge is 2.31. The molecule has 1 saturated heterocycles. The lowest BCUT2D eigenvalue weighted by atomic mass is 10.0. The third-order valence-electron chi connectivity index (χ3n) is 5.70. The zero-order valence-electron chi connectivity index (χ0n) is 17.5. The van der Waals surface area contributed by atoms with Crippen LogP contribution in [0.25, 0.3) is 0 Å². The van der Waals surface area contributed by atoms with Gasteiger partial charge in [-0.2, -0.15) is 0 Å². The molecule has 1 aliphatic rings. The molecule has 1 amide bonds. The quantitative estimate of drug-likeness (QED) is 0.556. The Morgan fingerprint density at radius 2 is 1.65 bits per heavy atom. The number of para-hydroxylation sites is 1. The molecule has 3 aromatic rings. The Bertz CT molecular complexity index is 1150. The van der Waals surface area contributed by atoms with Gasteiger partial charge in [-0.3, -0.25) is 9.10 Å². The average Bonchev–Trinajstić information content (AvgIpc) is 3.30. The fraction of sp³-hybridized carbons (Fsp3) is 0.240. The molecule has 1 aliphatic heterocycles. The number of hydrogen-bond acceptors (Lipinski definition) is 3. The van der Waals surface area contributed by atoms with Crippen molar-refractivity contribution in [2.75, 3.05) is 17.4 Å². The van der Waals surface area contributed by atoms with Gasteiger partial charge in [0.05, 0.1) is 16.6 Å². The van der Waals surface area contributed by atoms with Crippen molar-refractivity contribution in [1.82, 2.24) is 4.90 Å². The zero-order chi connectivity index (χ0) is 21.8. The molecule has 0 spiro atoms. The molecule has 4 rings (SSSR count). The molecule has 31 heavy (non-hydrogen) atoms. The van der Waals surface area contributed by atoms with E-state index < -0.39 is 10.0 Å². The van der Waals surface area contributed by atoms with Gasteiger partial charge in [-0.1, -0.05) is 54.6 Å². The molecule has 1 unspecified atom stereocenters. The summed E-state index contributed by atoms with van der Waals surface area (Å²) in [5, 5.41) is 0. The average molecular weight is 435 g/mol. The summed E-state index contributed by atoms with van der Waals surface area (Å²) in [4.78, 5) is 15.3. The van der Waals surface area contributed by atoms with E-state index in [1.54, 1.807) is 37.3 Å². The van der Waals surface area contributed by atoms with E-state index in [9.17, 15) is 13.2 Å². The van der Waals surface area contributed by atoms with Crippen LogP contribution in [-0.2, 0) is 10.0 Å². The number of anilines is 1. The molecule has 0 saturated carbocycles. The van der Waals surface area contributed by atoms with E-state index in [1.165, 1.54) is 10.4 Å². The number of nitrogens with zero attached hydrogens (tertiary/aromatic N) is 2.